The van der Waals surface area contributed by atoms with Gasteiger partial charge in [0.15, 0.2) is 0 Å². The first-order valence-corrected chi connectivity index (χ1v) is 6.28. The van der Waals surface area contributed by atoms with Crippen LogP contribution in [0.2, 0.25) is 0 Å². The Labute approximate surface area is 113 Å². The molecule has 0 saturated carbocycles. The summed E-state index contributed by atoms with van der Waals surface area (Å²) in [5.74, 6) is 0.415. The summed E-state index contributed by atoms with van der Waals surface area (Å²) in [5.41, 5.74) is 8.90. The van der Waals surface area contributed by atoms with Crippen molar-refractivity contribution in [2.75, 3.05) is 6.61 Å². The van der Waals surface area contributed by atoms with Gasteiger partial charge in [-0.3, -0.25) is 0 Å². The van der Waals surface area contributed by atoms with Gasteiger partial charge in [-0.2, -0.15) is 0 Å². The minimum absolute atomic E-state index is 0.188. The van der Waals surface area contributed by atoms with Crippen molar-refractivity contribution in [2.24, 2.45) is 5.73 Å². The van der Waals surface area contributed by atoms with E-state index in [9.17, 15) is 4.39 Å². The molecule has 100 valence electrons. The third-order valence-corrected chi connectivity index (χ3v) is 3.15. The molecule has 0 spiro atoms. The maximum Gasteiger partial charge on any atom is 0.126 e. The van der Waals surface area contributed by atoms with E-state index in [1.807, 2.05) is 31.2 Å². The maximum absolute atomic E-state index is 13.1. The van der Waals surface area contributed by atoms with E-state index in [0.29, 0.717) is 17.9 Å². The van der Waals surface area contributed by atoms with Gasteiger partial charge < -0.3 is 10.5 Å². The van der Waals surface area contributed by atoms with Crippen molar-refractivity contribution in [2.45, 2.75) is 19.9 Å². The van der Waals surface area contributed by atoms with Crippen LogP contribution >= 0.6 is 0 Å². The van der Waals surface area contributed by atoms with Crippen molar-refractivity contribution >= 4 is 0 Å². The average molecular weight is 259 g/mol. The molecule has 0 fully saturated rings. The molecule has 0 saturated heterocycles. The molecule has 2 nitrogen and oxygen atoms in total. The number of aryl methyl sites for hydroxylation is 2. The molecule has 0 heterocycles. The molecule has 2 N–H and O–H groups in total. The first kappa shape index (κ1) is 13.6. The molecule has 1 unspecified atom stereocenters. The number of halogens is 1. The van der Waals surface area contributed by atoms with Crippen LogP contribution < -0.4 is 10.5 Å². The molecular formula is C16H18FNO. The second kappa shape index (κ2) is 5.85. The Morgan fingerprint density at radius 1 is 1.11 bits per heavy atom. The second-order valence-corrected chi connectivity index (χ2v) is 4.69. The van der Waals surface area contributed by atoms with Gasteiger partial charge in [0.1, 0.15) is 18.2 Å². The fraction of sp³-hybridized carbons (Fsp3) is 0.250. The predicted molar refractivity (Wildman–Crippen MR) is 74.7 cm³/mol. The summed E-state index contributed by atoms with van der Waals surface area (Å²) in [7, 11) is 0. The van der Waals surface area contributed by atoms with E-state index in [-0.39, 0.29) is 11.9 Å². The minimum atomic E-state index is -0.226. The number of benzene rings is 2. The van der Waals surface area contributed by atoms with Crippen LogP contribution in [-0.4, -0.2) is 6.61 Å². The monoisotopic (exact) mass is 259 g/mol. The zero-order valence-corrected chi connectivity index (χ0v) is 11.2. The topological polar surface area (TPSA) is 35.2 Å². The zero-order chi connectivity index (χ0) is 13.8. The number of hydrogen-bond acceptors (Lipinski definition) is 2. The van der Waals surface area contributed by atoms with E-state index in [2.05, 4.69) is 0 Å². The lowest BCUT2D eigenvalue weighted by atomic mass is 10.0. The lowest BCUT2D eigenvalue weighted by Gasteiger charge is -2.16. The van der Waals surface area contributed by atoms with Crippen molar-refractivity contribution < 1.29 is 9.13 Å². The molecule has 0 aliphatic heterocycles. The molecule has 19 heavy (non-hydrogen) atoms. The average Bonchev–Trinajstić information content (AvgIpc) is 2.40. The zero-order valence-electron chi connectivity index (χ0n) is 11.2. The standard InChI is InChI=1S/C16H18FNO/c1-11-5-3-4-6-14(11)16(18)10-19-13-7-8-15(17)12(2)9-13/h3-9,16H,10,18H2,1-2H3. The van der Waals surface area contributed by atoms with Crippen molar-refractivity contribution in [3.63, 3.8) is 0 Å². The number of rotatable bonds is 4. The van der Waals surface area contributed by atoms with Crippen LogP contribution in [0.1, 0.15) is 22.7 Å². The van der Waals surface area contributed by atoms with Crippen molar-refractivity contribution in [1.82, 2.24) is 0 Å². The molecule has 3 heteroatoms. The van der Waals surface area contributed by atoms with Crippen LogP contribution in [0.4, 0.5) is 4.39 Å². The molecule has 0 bridgehead atoms. The van der Waals surface area contributed by atoms with Crippen molar-refractivity contribution in [1.29, 1.82) is 0 Å². The van der Waals surface area contributed by atoms with Gasteiger partial charge in [-0.15, -0.1) is 0 Å². The number of nitrogens with two attached hydrogens (primary N) is 1. The van der Waals surface area contributed by atoms with E-state index in [1.165, 1.54) is 6.07 Å². The minimum Gasteiger partial charge on any atom is -0.492 e. The van der Waals surface area contributed by atoms with E-state index in [0.717, 1.165) is 11.1 Å². The third-order valence-electron chi connectivity index (χ3n) is 3.15. The van der Waals surface area contributed by atoms with Crippen LogP contribution in [0.25, 0.3) is 0 Å². The Kier molecular flexibility index (Phi) is 4.17. The van der Waals surface area contributed by atoms with E-state index in [1.54, 1.807) is 19.1 Å². The quantitative estimate of drug-likeness (QED) is 0.911. The van der Waals surface area contributed by atoms with Crippen LogP contribution in [0, 0.1) is 19.7 Å². The Bertz CT molecular complexity index is 568. The normalized spacial score (nSPS) is 12.2. The smallest absolute Gasteiger partial charge is 0.126 e. The largest absolute Gasteiger partial charge is 0.492 e. The predicted octanol–water partition coefficient (Wildman–Crippen LogP) is 3.52. The molecule has 0 aliphatic rings. The first-order valence-electron chi connectivity index (χ1n) is 6.28. The number of hydrogen-bond donors (Lipinski definition) is 1. The van der Waals surface area contributed by atoms with E-state index < -0.39 is 0 Å². The molecular weight excluding hydrogens is 241 g/mol. The van der Waals surface area contributed by atoms with E-state index >= 15 is 0 Å². The third kappa shape index (κ3) is 3.32. The van der Waals surface area contributed by atoms with Gasteiger partial charge in [0.05, 0.1) is 6.04 Å². The Morgan fingerprint density at radius 3 is 2.53 bits per heavy atom. The molecule has 0 radical (unpaired) electrons. The highest BCUT2D eigenvalue weighted by atomic mass is 19.1. The van der Waals surface area contributed by atoms with Crippen molar-refractivity contribution in [3.8, 4) is 5.75 Å². The first-order chi connectivity index (χ1) is 9.08. The Balaban J connectivity index is 2.02. The highest BCUT2D eigenvalue weighted by Gasteiger charge is 2.09. The van der Waals surface area contributed by atoms with Gasteiger partial charge in [-0.05, 0) is 48.7 Å². The van der Waals surface area contributed by atoms with Gasteiger partial charge in [0.2, 0.25) is 0 Å². The fourth-order valence-electron chi connectivity index (χ4n) is 1.99. The summed E-state index contributed by atoms with van der Waals surface area (Å²) in [6, 6.07) is 12.5. The SMILES string of the molecule is Cc1cc(OCC(N)c2ccccc2C)ccc1F. The van der Waals surface area contributed by atoms with E-state index in [4.69, 9.17) is 10.5 Å². The fourth-order valence-corrected chi connectivity index (χ4v) is 1.99. The van der Waals surface area contributed by atoms with Gasteiger partial charge in [0, 0.05) is 0 Å². The molecule has 2 rings (SSSR count). The lowest BCUT2D eigenvalue weighted by molar-refractivity contribution is 0.289. The molecule has 0 aromatic heterocycles. The summed E-state index contributed by atoms with van der Waals surface area (Å²) in [6.07, 6.45) is 0. The Hall–Kier alpha value is -1.87. The van der Waals surface area contributed by atoms with Crippen LogP contribution in [-0.2, 0) is 0 Å². The van der Waals surface area contributed by atoms with Crippen LogP contribution in [0.15, 0.2) is 42.5 Å². The second-order valence-electron chi connectivity index (χ2n) is 4.69. The Morgan fingerprint density at radius 2 is 1.84 bits per heavy atom. The molecule has 1 atom stereocenters. The highest BCUT2D eigenvalue weighted by Crippen LogP contribution is 2.19. The van der Waals surface area contributed by atoms with Crippen LogP contribution in [0.5, 0.6) is 5.75 Å². The summed E-state index contributed by atoms with van der Waals surface area (Å²) in [4.78, 5) is 0. The number of ether oxygens (including phenoxy) is 1. The van der Waals surface area contributed by atoms with Gasteiger partial charge in [-0.1, -0.05) is 24.3 Å². The molecule has 2 aromatic carbocycles. The molecule has 2 aromatic rings. The van der Waals surface area contributed by atoms with Gasteiger partial charge >= 0.3 is 0 Å². The van der Waals surface area contributed by atoms with Crippen LogP contribution in [0.3, 0.4) is 0 Å². The maximum atomic E-state index is 13.1. The summed E-state index contributed by atoms with van der Waals surface area (Å²) < 4.78 is 18.8. The van der Waals surface area contributed by atoms with Gasteiger partial charge in [0.25, 0.3) is 0 Å². The highest BCUT2D eigenvalue weighted by molar-refractivity contribution is 5.30. The van der Waals surface area contributed by atoms with Gasteiger partial charge in [-0.25, -0.2) is 4.39 Å². The molecule has 0 aliphatic carbocycles. The summed E-state index contributed by atoms with van der Waals surface area (Å²) in [5, 5.41) is 0. The summed E-state index contributed by atoms with van der Waals surface area (Å²) >= 11 is 0. The van der Waals surface area contributed by atoms with Crippen molar-refractivity contribution in [3.05, 3.63) is 65.0 Å². The molecule has 0 amide bonds. The lowest BCUT2D eigenvalue weighted by Crippen LogP contribution is -2.20. The summed E-state index contributed by atoms with van der Waals surface area (Å²) in [6.45, 7) is 4.11.